The first kappa shape index (κ1) is 16.8. The van der Waals surface area contributed by atoms with E-state index in [2.05, 4.69) is 96.5 Å². The molecule has 3 aromatic carbocycles. The van der Waals surface area contributed by atoms with Gasteiger partial charge in [0.05, 0.1) is 17.1 Å². The Labute approximate surface area is 165 Å². The van der Waals surface area contributed by atoms with Crippen molar-refractivity contribution >= 4 is 22.7 Å². The maximum Gasteiger partial charge on any atom is 0.209 e. The van der Waals surface area contributed by atoms with E-state index in [4.69, 9.17) is 4.98 Å². The van der Waals surface area contributed by atoms with E-state index in [0.29, 0.717) is 0 Å². The van der Waals surface area contributed by atoms with Gasteiger partial charge < -0.3 is 5.32 Å². The fourth-order valence-corrected chi connectivity index (χ4v) is 4.00. The van der Waals surface area contributed by atoms with Gasteiger partial charge in [0.15, 0.2) is 0 Å². The summed E-state index contributed by atoms with van der Waals surface area (Å²) in [5.41, 5.74) is 8.34. The van der Waals surface area contributed by atoms with Crippen molar-refractivity contribution in [1.29, 1.82) is 0 Å². The average molecular weight is 365 g/mol. The Morgan fingerprint density at radius 2 is 1.79 bits per heavy atom. The number of anilines is 1. The second-order valence-corrected chi connectivity index (χ2v) is 7.41. The molecule has 0 saturated carbocycles. The normalized spacial score (nSPS) is 15.8. The number of para-hydroxylation sites is 2. The summed E-state index contributed by atoms with van der Waals surface area (Å²) >= 11 is 0. The summed E-state index contributed by atoms with van der Waals surface area (Å²) in [6.07, 6.45) is 3.37. The fourth-order valence-electron chi connectivity index (χ4n) is 4.00. The maximum atomic E-state index is 4.87. The van der Waals surface area contributed by atoms with Crippen LogP contribution in [0.4, 0.5) is 5.95 Å². The van der Waals surface area contributed by atoms with Gasteiger partial charge in [0.1, 0.15) is 0 Å². The van der Waals surface area contributed by atoms with Gasteiger partial charge in [-0.05, 0) is 48.2 Å². The molecule has 1 N–H and O–H groups in total. The summed E-state index contributed by atoms with van der Waals surface area (Å²) in [7, 11) is 0. The van der Waals surface area contributed by atoms with Crippen LogP contribution >= 0.6 is 0 Å². The number of imidazole rings is 1. The Morgan fingerprint density at radius 3 is 2.57 bits per heavy atom. The number of nitrogens with one attached hydrogen (secondary N) is 1. The second-order valence-electron chi connectivity index (χ2n) is 7.41. The molecule has 1 aliphatic rings. The zero-order valence-electron chi connectivity index (χ0n) is 16.2. The molecule has 28 heavy (non-hydrogen) atoms. The molecule has 3 heteroatoms. The van der Waals surface area contributed by atoms with Crippen molar-refractivity contribution in [2.45, 2.75) is 26.3 Å². The molecule has 0 unspecified atom stereocenters. The van der Waals surface area contributed by atoms with Crippen LogP contribution in [0.3, 0.4) is 0 Å². The molecule has 0 saturated heterocycles. The summed E-state index contributed by atoms with van der Waals surface area (Å²) in [4.78, 5) is 4.87. The molecule has 1 aliphatic heterocycles. The molecule has 4 aromatic rings. The fraction of sp³-hybridized carbons (Fsp3) is 0.160. The van der Waals surface area contributed by atoms with E-state index in [-0.39, 0.29) is 6.04 Å². The third kappa shape index (κ3) is 2.80. The van der Waals surface area contributed by atoms with Crippen LogP contribution in [0.1, 0.15) is 35.2 Å². The largest absolute Gasteiger partial charge is 0.325 e. The first-order valence-corrected chi connectivity index (χ1v) is 9.84. The average Bonchev–Trinajstić information content (AvgIpc) is 3.11. The number of nitrogens with zero attached hydrogens (tertiary/aromatic N) is 2. The van der Waals surface area contributed by atoms with Crippen molar-refractivity contribution in [3.8, 4) is 0 Å². The van der Waals surface area contributed by atoms with Crippen LogP contribution in [0.15, 0.2) is 78.9 Å². The van der Waals surface area contributed by atoms with Crippen molar-refractivity contribution in [3.05, 3.63) is 101 Å². The highest BCUT2D eigenvalue weighted by molar-refractivity contribution is 5.85. The van der Waals surface area contributed by atoms with Gasteiger partial charge in [0.2, 0.25) is 5.95 Å². The Kier molecular flexibility index (Phi) is 4.01. The third-order valence-electron chi connectivity index (χ3n) is 5.50. The molecule has 0 radical (unpaired) electrons. The van der Waals surface area contributed by atoms with Crippen LogP contribution in [0.5, 0.6) is 0 Å². The number of aromatic nitrogens is 2. The minimum Gasteiger partial charge on any atom is -0.325 e. The molecule has 3 nitrogen and oxygen atoms in total. The van der Waals surface area contributed by atoms with Crippen LogP contribution in [-0.4, -0.2) is 9.55 Å². The number of benzene rings is 3. The van der Waals surface area contributed by atoms with Crippen LogP contribution in [0, 0.1) is 6.92 Å². The van der Waals surface area contributed by atoms with Crippen LogP contribution < -0.4 is 5.32 Å². The van der Waals surface area contributed by atoms with Gasteiger partial charge in [0.25, 0.3) is 0 Å². The van der Waals surface area contributed by atoms with Crippen LogP contribution in [0.25, 0.3) is 16.7 Å². The van der Waals surface area contributed by atoms with Gasteiger partial charge in [-0.25, -0.2) is 4.98 Å². The topological polar surface area (TPSA) is 29.9 Å². The summed E-state index contributed by atoms with van der Waals surface area (Å²) in [6, 6.07) is 26.0. The smallest absolute Gasteiger partial charge is 0.209 e. The summed E-state index contributed by atoms with van der Waals surface area (Å²) < 4.78 is 2.30. The lowest BCUT2D eigenvalue weighted by atomic mass is 9.99. The zero-order valence-corrected chi connectivity index (χ0v) is 16.2. The van der Waals surface area contributed by atoms with E-state index in [0.717, 1.165) is 29.1 Å². The number of allylic oxidation sites excluding steroid dienone is 1. The number of fused-ring (bicyclic) bond motifs is 3. The van der Waals surface area contributed by atoms with Crippen molar-refractivity contribution < 1.29 is 0 Å². The highest BCUT2D eigenvalue weighted by Crippen LogP contribution is 2.37. The van der Waals surface area contributed by atoms with E-state index < -0.39 is 0 Å². The lowest BCUT2D eigenvalue weighted by Crippen LogP contribution is -2.19. The SMILES string of the molecule is CCc1ccc(C2=C[C@@H](c3cccc(C)c3)n3c(nc4ccccc43)N2)cc1. The molecule has 0 spiro atoms. The summed E-state index contributed by atoms with van der Waals surface area (Å²) in [5.74, 6) is 0.893. The molecule has 138 valence electrons. The summed E-state index contributed by atoms with van der Waals surface area (Å²) in [6.45, 7) is 4.33. The lowest BCUT2D eigenvalue weighted by molar-refractivity contribution is 0.720. The molecule has 0 bridgehead atoms. The summed E-state index contributed by atoms with van der Waals surface area (Å²) in [5, 5.41) is 3.57. The number of aryl methyl sites for hydroxylation is 2. The predicted molar refractivity (Wildman–Crippen MR) is 116 cm³/mol. The monoisotopic (exact) mass is 365 g/mol. The molecule has 0 fully saturated rings. The zero-order chi connectivity index (χ0) is 19.1. The highest BCUT2D eigenvalue weighted by atomic mass is 15.2. The molecule has 2 heterocycles. The van der Waals surface area contributed by atoms with Crippen LogP contribution in [0.2, 0.25) is 0 Å². The number of rotatable bonds is 3. The first-order chi connectivity index (χ1) is 13.7. The van der Waals surface area contributed by atoms with Crippen molar-refractivity contribution in [1.82, 2.24) is 9.55 Å². The number of hydrogen-bond acceptors (Lipinski definition) is 2. The van der Waals surface area contributed by atoms with Gasteiger partial charge in [-0.1, -0.05) is 73.2 Å². The maximum absolute atomic E-state index is 4.87. The van der Waals surface area contributed by atoms with E-state index in [1.807, 2.05) is 6.07 Å². The van der Waals surface area contributed by atoms with E-state index in [9.17, 15) is 0 Å². The molecule has 5 rings (SSSR count). The van der Waals surface area contributed by atoms with E-state index >= 15 is 0 Å². The standard InChI is InChI=1S/C25H23N3/c1-3-18-11-13-19(14-12-18)22-16-24(20-8-6-7-17(2)15-20)28-23-10-5-4-9-21(23)26-25(28)27-22/h4-16,24H,3H2,1-2H3,(H,26,27)/t24-/m0/s1. The molecule has 0 aliphatic carbocycles. The number of hydrogen-bond donors (Lipinski definition) is 1. The Morgan fingerprint density at radius 1 is 0.964 bits per heavy atom. The quantitative estimate of drug-likeness (QED) is 0.485. The molecule has 0 amide bonds. The minimum atomic E-state index is 0.101. The van der Waals surface area contributed by atoms with Gasteiger partial charge in [-0.3, -0.25) is 4.57 Å². The Bertz CT molecular complexity index is 1180. The lowest BCUT2D eigenvalue weighted by Gasteiger charge is -2.27. The molecular weight excluding hydrogens is 342 g/mol. The van der Waals surface area contributed by atoms with E-state index in [1.54, 1.807) is 0 Å². The van der Waals surface area contributed by atoms with Gasteiger partial charge in [-0.2, -0.15) is 0 Å². The highest BCUT2D eigenvalue weighted by Gasteiger charge is 2.25. The van der Waals surface area contributed by atoms with Gasteiger partial charge >= 0.3 is 0 Å². The first-order valence-electron chi connectivity index (χ1n) is 9.84. The molecular formula is C25H23N3. The molecule has 1 atom stereocenters. The van der Waals surface area contributed by atoms with Crippen molar-refractivity contribution in [2.24, 2.45) is 0 Å². The predicted octanol–water partition coefficient (Wildman–Crippen LogP) is 5.96. The van der Waals surface area contributed by atoms with Crippen molar-refractivity contribution in [2.75, 3.05) is 5.32 Å². The Hall–Kier alpha value is -3.33. The van der Waals surface area contributed by atoms with Crippen molar-refractivity contribution in [3.63, 3.8) is 0 Å². The van der Waals surface area contributed by atoms with Gasteiger partial charge in [-0.15, -0.1) is 0 Å². The van der Waals surface area contributed by atoms with Crippen LogP contribution in [-0.2, 0) is 6.42 Å². The molecule has 1 aromatic heterocycles. The third-order valence-corrected chi connectivity index (χ3v) is 5.50. The van der Waals surface area contributed by atoms with Gasteiger partial charge in [0, 0.05) is 5.70 Å². The van der Waals surface area contributed by atoms with E-state index in [1.165, 1.54) is 22.3 Å². The minimum absolute atomic E-state index is 0.101. The second kappa shape index (κ2) is 6.68. The Balaban J connectivity index is 1.69.